The van der Waals surface area contributed by atoms with Crippen LogP contribution in [0.15, 0.2) is 24.3 Å². The van der Waals surface area contributed by atoms with Crippen LogP contribution in [0, 0.1) is 0 Å². The van der Waals surface area contributed by atoms with E-state index in [2.05, 4.69) is 29.8 Å². The first-order valence-electron chi connectivity index (χ1n) is 8.69. The molecule has 1 rings (SSSR count). The number of likely N-dealkylation sites (N-methyl/N-ethyl adjacent to an activating group) is 1. The van der Waals surface area contributed by atoms with Crippen molar-refractivity contribution in [1.29, 1.82) is 0 Å². The number of carbonyl (C=O) groups excluding carboxylic acids is 2. The first-order chi connectivity index (χ1) is 11.6. The Morgan fingerprint density at radius 3 is 2.24 bits per heavy atom. The molecule has 1 aromatic rings. The SMILES string of the molecule is CC[N+](CC)(CCCNC=O)CCNC(=O)c1ccc(NC)cc1.[Cl-]. The molecule has 142 valence electrons. The van der Waals surface area contributed by atoms with Crippen molar-refractivity contribution in [3.8, 4) is 0 Å². The highest BCUT2D eigenvalue weighted by atomic mass is 35.5. The number of halogens is 1. The standard InChI is InChI=1S/C18H30N4O2.ClH/c1-4-22(5-2,13-6-11-20-15-23)14-12-21-18(24)16-7-9-17(19-3)10-8-16;/h7-10,15H,4-6,11-14H2,1-3H3,(H2-,19,20,21,23,24);1H. The van der Waals surface area contributed by atoms with Gasteiger partial charge in [0.15, 0.2) is 0 Å². The van der Waals surface area contributed by atoms with E-state index in [1.54, 1.807) is 0 Å². The third-order valence-corrected chi connectivity index (χ3v) is 4.69. The van der Waals surface area contributed by atoms with Crippen LogP contribution in [0.3, 0.4) is 0 Å². The number of nitrogens with one attached hydrogen (secondary N) is 3. The Kier molecular flexibility index (Phi) is 11.7. The summed E-state index contributed by atoms with van der Waals surface area (Å²) in [5, 5.41) is 8.76. The molecule has 0 aliphatic rings. The maximum atomic E-state index is 12.2. The number of carbonyl (C=O) groups is 2. The van der Waals surface area contributed by atoms with E-state index in [4.69, 9.17) is 0 Å². The van der Waals surface area contributed by atoms with Gasteiger partial charge in [0.05, 0.1) is 32.7 Å². The van der Waals surface area contributed by atoms with E-state index >= 15 is 0 Å². The molecule has 0 radical (unpaired) electrons. The Bertz CT molecular complexity index is 504. The summed E-state index contributed by atoms with van der Waals surface area (Å²) in [4.78, 5) is 22.5. The summed E-state index contributed by atoms with van der Waals surface area (Å²) < 4.78 is 0.944. The Morgan fingerprint density at radius 2 is 1.72 bits per heavy atom. The highest BCUT2D eigenvalue weighted by molar-refractivity contribution is 5.94. The van der Waals surface area contributed by atoms with Crippen LogP contribution in [-0.4, -0.2) is 63.1 Å². The third kappa shape index (κ3) is 7.75. The number of anilines is 1. The first-order valence-corrected chi connectivity index (χ1v) is 8.69. The van der Waals surface area contributed by atoms with Crippen molar-refractivity contribution >= 4 is 18.0 Å². The van der Waals surface area contributed by atoms with E-state index < -0.39 is 0 Å². The van der Waals surface area contributed by atoms with E-state index in [0.29, 0.717) is 18.7 Å². The zero-order valence-corrected chi connectivity index (χ0v) is 16.2. The minimum Gasteiger partial charge on any atom is -1.00 e. The smallest absolute Gasteiger partial charge is 0.251 e. The summed E-state index contributed by atoms with van der Waals surface area (Å²) in [6.07, 6.45) is 1.69. The Hall–Kier alpha value is -1.79. The molecule has 0 aromatic heterocycles. The second kappa shape index (κ2) is 12.6. The summed E-state index contributed by atoms with van der Waals surface area (Å²) in [6, 6.07) is 7.45. The van der Waals surface area contributed by atoms with Gasteiger partial charge in [-0.2, -0.15) is 0 Å². The van der Waals surface area contributed by atoms with Gasteiger partial charge in [-0.15, -0.1) is 0 Å². The number of rotatable bonds is 12. The van der Waals surface area contributed by atoms with E-state index in [1.165, 1.54) is 0 Å². The molecule has 0 saturated heterocycles. The van der Waals surface area contributed by atoms with Gasteiger partial charge >= 0.3 is 0 Å². The van der Waals surface area contributed by atoms with E-state index in [9.17, 15) is 9.59 Å². The Balaban J connectivity index is 0.00000576. The lowest BCUT2D eigenvalue weighted by atomic mass is 10.2. The Labute approximate surface area is 157 Å². The normalized spacial score (nSPS) is 10.5. The quantitative estimate of drug-likeness (QED) is 0.237. The predicted molar refractivity (Wildman–Crippen MR) is 98.1 cm³/mol. The lowest BCUT2D eigenvalue weighted by molar-refractivity contribution is -0.923. The molecule has 0 saturated carbocycles. The molecule has 1 aromatic carbocycles. The van der Waals surface area contributed by atoms with Crippen molar-refractivity contribution in [1.82, 2.24) is 10.6 Å². The molecular formula is C18H31ClN4O2. The zero-order valence-electron chi connectivity index (χ0n) is 15.5. The summed E-state index contributed by atoms with van der Waals surface area (Å²) in [7, 11) is 1.85. The van der Waals surface area contributed by atoms with Crippen LogP contribution in [-0.2, 0) is 4.79 Å². The molecule has 0 unspecified atom stereocenters. The minimum absolute atomic E-state index is 0. The molecule has 0 aliphatic heterocycles. The molecule has 0 fully saturated rings. The number of nitrogens with zero attached hydrogens (tertiary/aromatic N) is 1. The Morgan fingerprint density at radius 1 is 1.08 bits per heavy atom. The van der Waals surface area contributed by atoms with Gasteiger partial charge in [0, 0.05) is 31.3 Å². The van der Waals surface area contributed by atoms with E-state index in [1.807, 2.05) is 31.3 Å². The number of benzene rings is 1. The summed E-state index contributed by atoms with van der Waals surface area (Å²) >= 11 is 0. The lowest BCUT2D eigenvalue weighted by Crippen LogP contribution is -3.00. The predicted octanol–water partition coefficient (Wildman–Crippen LogP) is -1.55. The van der Waals surface area contributed by atoms with Crippen LogP contribution in [0.1, 0.15) is 30.6 Å². The van der Waals surface area contributed by atoms with Crippen LogP contribution in [0.4, 0.5) is 5.69 Å². The van der Waals surface area contributed by atoms with Crippen LogP contribution < -0.4 is 28.4 Å². The molecule has 0 aliphatic carbocycles. The lowest BCUT2D eigenvalue weighted by Gasteiger charge is -2.37. The molecular weight excluding hydrogens is 340 g/mol. The molecule has 6 nitrogen and oxygen atoms in total. The third-order valence-electron chi connectivity index (χ3n) is 4.69. The maximum Gasteiger partial charge on any atom is 0.251 e. The number of amides is 2. The van der Waals surface area contributed by atoms with Gasteiger partial charge in [0.2, 0.25) is 6.41 Å². The topological polar surface area (TPSA) is 70.2 Å². The van der Waals surface area contributed by atoms with Crippen LogP contribution in [0.25, 0.3) is 0 Å². The monoisotopic (exact) mass is 370 g/mol. The van der Waals surface area contributed by atoms with Crippen molar-refractivity contribution in [3.05, 3.63) is 29.8 Å². The number of quaternary nitrogens is 1. The molecule has 0 heterocycles. The van der Waals surface area contributed by atoms with Crippen molar-refractivity contribution in [2.45, 2.75) is 20.3 Å². The first kappa shape index (κ1) is 23.2. The molecule has 7 heteroatoms. The summed E-state index contributed by atoms with van der Waals surface area (Å²) in [6.45, 7) is 9.64. The van der Waals surface area contributed by atoms with E-state index in [-0.39, 0.29) is 18.3 Å². The van der Waals surface area contributed by atoms with Gasteiger partial charge in [-0.3, -0.25) is 9.59 Å². The van der Waals surface area contributed by atoms with E-state index in [0.717, 1.165) is 49.2 Å². The van der Waals surface area contributed by atoms with Crippen LogP contribution in [0.2, 0.25) is 0 Å². The number of hydrogen-bond donors (Lipinski definition) is 3. The van der Waals surface area contributed by atoms with Gasteiger partial charge < -0.3 is 32.8 Å². The van der Waals surface area contributed by atoms with Gasteiger partial charge in [-0.25, -0.2) is 0 Å². The fraction of sp³-hybridized carbons (Fsp3) is 0.556. The molecule has 25 heavy (non-hydrogen) atoms. The maximum absolute atomic E-state index is 12.2. The molecule has 0 bridgehead atoms. The van der Waals surface area contributed by atoms with Gasteiger partial charge in [0.25, 0.3) is 5.91 Å². The van der Waals surface area contributed by atoms with Crippen molar-refractivity contribution in [3.63, 3.8) is 0 Å². The number of hydrogen-bond acceptors (Lipinski definition) is 3. The van der Waals surface area contributed by atoms with Crippen molar-refractivity contribution in [2.75, 3.05) is 51.6 Å². The fourth-order valence-corrected chi connectivity index (χ4v) is 2.84. The molecule has 3 N–H and O–H groups in total. The second-order valence-electron chi connectivity index (χ2n) is 5.93. The van der Waals surface area contributed by atoms with Gasteiger partial charge in [0.1, 0.15) is 0 Å². The van der Waals surface area contributed by atoms with Crippen molar-refractivity contribution in [2.24, 2.45) is 0 Å². The minimum atomic E-state index is -0.0365. The average Bonchev–Trinajstić information content (AvgIpc) is 2.63. The fourth-order valence-electron chi connectivity index (χ4n) is 2.84. The highest BCUT2D eigenvalue weighted by Gasteiger charge is 2.22. The second-order valence-corrected chi connectivity index (χ2v) is 5.93. The van der Waals surface area contributed by atoms with Crippen LogP contribution in [0.5, 0.6) is 0 Å². The van der Waals surface area contributed by atoms with Gasteiger partial charge in [-0.1, -0.05) is 0 Å². The van der Waals surface area contributed by atoms with Crippen molar-refractivity contribution < 1.29 is 26.5 Å². The van der Waals surface area contributed by atoms with Crippen LogP contribution >= 0.6 is 0 Å². The summed E-state index contributed by atoms with van der Waals surface area (Å²) in [5.74, 6) is -0.0365. The highest BCUT2D eigenvalue weighted by Crippen LogP contribution is 2.09. The van der Waals surface area contributed by atoms with Gasteiger partial charge in [-0.05, 0) is 38.1 Å². The molecule has 0 atom stereocenters. The molecule has 2 amide bonds. The summed E-state index contributed by atoms with van der Waals surface area (Å²) in [5.41, 5.74) is 1.67. The molecule has 0 spiro atoms. The average molecular weight is 371 g/mol. The largest absolute Gasteiger partial charge is 1.00 e. The zero-order chi connectivity index (χ0) is 17.8.